The van der Waals surface area contributed by atoms with Crippen LogP contribution in [0.5, 0.6) is 0 Å². The van der Waals surface area contributed by atoms with Crippen LogP contribution in [0.15, 0.2) is 24.3 Å². The largest absolute Gasteiger partial charge is 0.0871 e. The van der Waals surface area contributed by atoms with E-state index < -0.39 is 0 Å². The SMILES string of the molecule is C/C=C\c1cccc(CCC)c1C. The van der Waals surface area contributed by atoms with E-state index in [1.165, 1.54) is 29.5 Å². The first-order chi connectivity index (χ1) is 6.29. The van der Waals surface area contributed by atoms with Gasteiger partial charge in [0.15, 0.2) is 0 Å². The molecule has 1 aromatic carbocycles. The molecule has 0 saturated heterocycles. The van der Waals surface area contributed by atoms with Crippen molar-refractivity contribution in [3.05, 3.63) is 41.0 Å². The maximum atomic E-state index is 2.23. The first-order valence-electron chi connectivity index (χ1n) is 5.00. The van der Waals surface area contributed by atoms with Gasteiger partial charge in [-0.05, 0) is 37.0 Å². The molecule has 13 heavy (non-hydrogen) atoms. The Kier molecular flexibility index (Phi) is 3.75. The Hall–Kier alpha value is -1.04. The highest BCUT2D eigenvalue weighted by molar-refractivity contribution is 5.55. The molecule has 0 amide bonds. The lowest BCUT2D eigenvalue weighted by Gasteiger charge is -2.07. The minimum atomic E-state index is 1.19. The van der Waals surface area contributed by atoms with Gasteiger partial charge in [-0.15, -0.1) is 0 Å². The molecule has 1 rings (SSSR count). The summed E-state index contributed by atoms with van der Waals surface area (Å²) < 4.78 is 0. The molecule has 0 saturated carbocycles. The highest BCUT2D eigenvalue weighted by Crippen LogP contribution is 2.16. The van der Waals surface area contributed by atoms with Crippen LogP contribution in [0.1, 0.15) is 37.0 Å². The fourth-order valence-electron chi connectivity index (χ4n) is 1.60. The second-order valence-electron chi connectivity index (χ2n) is 3.38. The summed E-state index contributed by atoms with van der Waals surface area (Å²) in [4.78, 5) is 0. The van der Waals surface area contributed by atoms with Crippen LogP contribution in [0.2, 0.25) is 0 Å². The summed E-state index contributed by atoms with van der Waals surface area (Å²) in [7, 11) is 0. The van der Waals surface area contributed by atoms with Crippen molar-refractivity contribution in [1.82, 2.24) is 0 Å². The molecule has 70 valence electrons. The molecular weight excluding hydrogens is 156 g/mol. The van der Waals surface area contributed by atoms with E-state index in [2.05, 4.69) is 51.1 Å². The van der Waals surface area contributed by atoms with Crippen LogP contribution in [0, 0.1) is 6.92 Å². The Morgan fingerprint density at radius 3 is 2.69 bits per heavy atom. The lowest BCUT2D eigenvalue weighted by atomic mass is 9.99. The smallest absolute Gasteiger partial charge is 0.0228 e. The molecule has 0 aliphatic heterocycles. The lowest BCUT2D eigenvalue weighted by Crippen LogP contribution is -1.90. The van der Waals surface area contributed by atoms with E-state index in [0.29, 0.717) is 0 Å². The van der Waals surface area contributed by atoms with Gasteiger partial charge < -0.3 is 0 Å². The maximum Gasteiger partial charge on any atom is -0.0228 e. The van der Waals surface area contributed by atoms with Crippen LogP contribution in [-0.4, -0.2) is 0 Å². The predicted octanol–water partition coefficient (Wildman–Crippen LogP) is 3.98. The minimum absolute atomic E-state index is 1.19. The van der Waals surface area contributed by atoms with Crippen LogP contribution in [-0.2, 0) is 6.42 Å². The third-order valence-corrected chi connectivity index (χ3v) is 2.35. The van der Waals surface area contributed by atoms with Crippen molar-refractivity contribution in [3.8, 4) is 0 Å². The van der Waals surface area contributed by atoms with Gasteiger partial charge in [-0.2, -0.15) is 0 Å². The number of hydrogen-bond donors (Lipinski definition) is 0. The van der Waals surface area contributed by atoms with Crippen molar-refractivity contribution in [2.24, 2.45) is 0 Å². The summed E-state index contributed by atoms with van der Waals surface area (Å²) in [5.41, 5.74) is 4.27. The third kappa shape index (κ3) is 2.45. The van der Waals surface area contributed by atoms with Crippen molar-refractivity contribution in [2.75, 3.05) is 0 Å². The summed E-state index contributed by atoms with van der Waals surface area (Å²) in [6.07, 6.45) is 6.68. The Morgan fingerprint density at radius 2 is 2.08 bits per heavy atom. The van der Waals surface area contributed by atoms with Gasteiger partial charge in [0, 0.05) is 0 Å². The van der Waals surface area contributed by atoms with Gasteiger partial charge in [0.1, 0.15) is 0 Å². The number of hydrogen-bond acceptors (Lipinski definition) is 0. The van der Waals surface area contributed by atoms with Crippen molar-refractivity contribution < 1.29 is 0 Å². The lowest BCUT2D eigenvalue weighted by molar-refractivity contribution is 0.912. The van der Waals surface area contributed by atoms with Crippen LogP contribution in [0.3, 0.4) is 0 Å². The zero-order chi connectivity index (χ0) is 9.68. The van der Waals surface area contributed by atoms with Crippen LogP contribution in [0.25, 0.3) is 6.08 Å². The molecule has 0 fully saturated rings. The summed E-state index contributed by atoms with van der Waals surface area (Å²) >= 11 is 0. The van der Waals surface area contributed by atoms with E-state index in [0.717, 1.165) is 0 Å². The fourth-order valence-corrected chi connectivity index (χ4v) is 1.60. The normalized spacial score (nSPS) is 11.0. The summed E-state index contributed by atoms with van der Waals surface area (Å²) in [6.45, 7) is 6.49. The number of rotatable bonds is 3. The van der Waals surface area contributed by atoms with Crippen molar-refractivity contribution in [3.63, 3.8) is 0 Å². The van der Waals surface area contributed by atoms with E-state index >= 15 is 0 Å². The third-order valence-electron chi connectivity index (χ3n) is 2.35. The average molecular weight is 174 g/mol. The average Bonchev–Trinajstić information content (AvgIpc) is 2.13. The highest BCUT2D eigenvalue weighted by atomic mass is 14.0. The van der Waals surface area contributed by atoms with Gasteiger partial charge in [0.25, 0.3) is 0 Å². The molecule has 0 heterocycles. The van der Waals surface area contributed by atoms with E-state index in [-0.39, 0.29) is 0 Å². The molecule has 0 aliphatic rings. The van der Waals surface area contributed by atoms with Gasteiger partial charge in [0.2, 0.25) is 0 Å². The van der Waals surface area contributed by atoms with E-state index in [9.17, 15) is 0 Å². The molecule has 0 N–H and O–H groups in total. The summed E-state index contributed by atoms with van der Waals surface area (Å²) in [6, 6.07) is 6.55. The second-order valence-corrected chi connectivity index (χ2v) is 3.38. The zero-order valence-corrected chi connectivity index (χ0v) is 8.80. The summed E-state index contributed by atoms with van der Waals surface area (Å²) in [5.74, 6) is 0. The van der Waals surface area contributed by atoms with Gasteiger partial charge in [-0.3, -0.25) is 0 Å². The Bertz CT molecular complexity index is 295. The van der Waals surface area contributed by atoms with E-state index in [1.807, 2.05) is 0 Å². The molecule has 0 atom stereocenters. The number of aryl methyl sites for hydroxylation is 1. The summed E-state index contributed by atoms with van der Waals surface area (Å²) in [5, 5.41) is 0. The van der Waals surface area contributed by atoms with Gasteiger partial charge in [0.05, 0.1) is 0 Å². The van der Waals surface area contributed by atoms with Gasteiger partial charge >= 0.3 is 0 Å². The van der Waals surface area contributed by atoms with Crippen LogP contribution >= 0.6 is 0 Å². The van der Waals surface area contributed by atoms with Crippen molar-refractivity contribution >= 4 is 6.08 Å². The maximum absolute atomic E-state index is 2.23. The molecular formula is C13H18. The van der Waals surface area contributed by atoms with E-state index in [1.54, 1.807) is 0 Å². The second kappa shape index (κ2) is 4.86. The fraction of sp³-hybridized carbons (Fsp3) is 0.385. The highest BCUT2D eigenvalue weighted by Gasteiger charge is 1.99. The minimum Gasteiger partial charge on any atom is -0.0871 e. The standard InChI is InChI=1S/C13H18/c1-4-7-12-9-6-10-13(8-5-2)11(12)3/h4,6-7,9-10H,5,8H2,1-3H3/b7-4-. The molecule has 0 bridgehead atoms. The molecule has 0 aromatic heterocycles. The topological polar surface area (TPSA) is 0 Å². The number of allylic oxidation sites excluding steroid dienone is 1. The quantitative estimate of drug-likeness (QED) is 0.650. The molecule has 0 aliphatic carbocycles. The molecule has 1 aromatic rings. The molecule has 0 nitrogen and oxygen atoms in total. The molecule has 0 heteroatoms. The van der Waals surface area contributed by atoms with Crippen LogP contribution < -0.4 is 0 Å². The Morgan fingerprint density at radius 1 is 1.31 bits per heavy atom. The van der Waals surface area contributed by atoms with Crippen molar-refractivity contribution in [2.45, 2.75) is 33.6 Å². The number of benzene rings is 1. The predicted molar refractivity (Wildman–Crippen MR) is 59.9 cm³/mol. The Labute approximate surface area is 81.3 Å². The zero-order valence-electron chi connectivity index (χ0n) is 8.80. The molecule has 0 spiro atoms. The Balaban J connectivity index is 3.03. The molecule has 0 unspecified atom stereocenters. The van der Waals surface area contributed by atoms with Gasteiger partial charge in [-0.1, -0.05) is 43.7 Å². The van der Waals surface area contributed by atoms with E-state index in [4.69, 9.17) is 0 Å². The first-order valence-corrected chi connectivity index (χ1v) is 5.00. The first kappa shape index (κ1) is 10.0. The monoisotopic (exact) mass is 174 g/mol. The van der Waals surface area contributed by atoms with Crippen LogP contribution in [0.4, 0.5) is 0 Å². The molecule has 0 radical (unpaired) electrons. The van der Waals surface area contributed by atoms with Crippen molar-refractivity contribution in [1.29, 1.82) is 0 Å². The van der Waals surface area contributed by atoms with Gasteiger partial charge in [-0.25, -0.2) is 0 Å².